The molecule has 2 aromatic rings. The van der Waals surface area contributed by atoms with Gasteiger partial charge in [0, 0.05) is 30.1 Å². The fraction of sp³-hybridized carbons (Fsp3) is 0.429. The largest absolute Gasteiger partial charge is 0.472 e. The van der Waals surface area contributed by atoms with E-state index in [0.29, 0.717) is 0 Å². The summed E-state index contributed by atoms with van der Waals surface area (Å²) in [6.45, 7) is 2.93. The minimum atomic E-state index is 0.928. The molecule has 0 spiro atoms. The molecule has 0 unspecified atom stereocenters. The predicted octanol–water partition coefficient (Wildman–Crippen LogP) is 3.03. The number of hydrogen-bond acceptors (Lipinski definition) is 4. The van der Waals surface area contributed by atoms with Crippen molar-refractivity contribution in [3.63, 3.8) is 0 Å². The summed E-state index contributed by atoms with van der Waals surface area (Å²) in [5.74, 6) is 0. The zero-order valence-corrected chi connectivity index (χ0v) is 12.0. The Balaban J connectivity index is 1.87. The SMILES string of the molecule is CN(C)Cc1csc(CN(C)Cc2ccoc2)c1. The van der Waals surface area contributed by atoms with Crippen molar-refractivity contribution in [2.24, 2.45) is 0 Å². The summed E-state index contributed by atoms with van der Waals surface area (Å²) in [4.78, 5) is 5.91. The van der Waals surface area contributed by atoms with Gasteiger partial charge in [0.2, 0.25) is 0 Å². The first-order chi connectivity index (χ1) is 8.63. The Kier molecular flexibility index (Phi) is 4.58. The second-order valence-electron chi connectivity index (χ2n) is 4.96. The molecule has 0 fully saturated rings. The van der Waals surface area contributed by atoms with Crippen molar-refractivity contribution >= 4 is 11.3 Å². The Bertz CT molecular complexity index is 462. The Morgan fingerprint density at radius 2 is 1.94 bits per heavy atom. The monoisotopic (exact) mass is 264 g/mol. The summed E-state index contributed by atoms with van der Waals surface area (Å²) in [6.07, 6.45) is 3.53. The Morgan fingerprint density at radius 3 is 2.61 bits per heavy atom. The van der Waals surface area contributed by atoms with Crippen LogP contribution in [0.25, 0.3) is 0 Å². The Labute approximate surface area is 113 Å². The molecule has 0 radical (unpaired) electrons. The molecule has 0 aliphatic carbocycles. The van der Waals surface area contributed by atoms with Gasteiger partial charge in [0.1, 0.15) is 0 Å². The molecule has 2 rings (SSSR count). The minimum Gasteiger partial charge on any atom is -0.472 e. The second kappa shape index (κ2) is 6.18. The molecule has 2 heterocycles. The third-order valence-corrected chi connectivity index (χ3v) is 3.64. The van der Waals surface area contributed by atoms with Crippen LogP contribution in [-0.4, -0.2) is 30.9 Å². The minimum absolute atomic E-state index is 0.928. The third-order valence-electron chi connectivity index (χ3n) is 2.67. The van der Waals surface area contributed by atoms with E-state index < -0.39 is 0 Å². The normalized spacial score (nSPS) is 11.6. The highest BCUT2D eigenvalue weighted by Crippen LogP contribution is 2.18. The van der Waals surface area contributed by atoms with Gasteiger partial charge in [-0.25, -0.2) is 0 Å². The Hall–Kier alpha value is -1.10. The lowest BCUT2D eigenvalue weighted by Crippen LogP contribution is -2.16. The van der Waals surface area contributed by atoms with Crippen LogP contribution in [0.15, 0.2) is 34.5 Å². The lowest BCUT2D eigenvalue weighted by molar-refractivity contribution is 0.320. The van der Waals surface area contributed by atoms with Gasteiger partial charge in [0.25, 0.3) is 0 Å². The van der Waals surface area contributed by atoms with Crippen LogP contribution in [0.4, 0.5) is 0 Å². The first-order valence-electron chi connectivity index (χ1n) is 6.04. The number of nitrogens with zero attached hydrogens (tertiary/aromatic N) is 2. The number of rotatable bonds is 6. The smallest absolute Gasteiger partial charge is 0.0947 e. The van der Waals surface area contributed by atoms with Gasteiger partial charge in [-0.3, -0.25) is 4.90 Å². The van der Waals surface area contributed by atoms with Crippen molar-refractivity contribution in [1.29, 1.82) is 0 Å². The standard InChI is InChI=1S/C14H20N2OS/c1-15(2)7-13-6-14(18-11-13)9-16(3)8-12-4-5-17-10-12/h4-6,10-11H,7-9H2,1-3H3. The van der Waals surface area contributed by atoms with Gasteiger partial charge < -0.3 is 9.32 Å². The topological polar surface area (TPSA) is 19.6 Å². The van der Waals surface area contributed by atoms with E-state index in [1.54, 1.807) is 6.26 Å². The maximum Gasteiger partial charge on any atom is 0.0947 e. The van der Waals surface area contributed by atoms with Gasteiger partial charge in [0.15, 0.2) is 0 Å². The molecular weight excluding hydrogens is 244 g/mol. The van der Waals surface area contributed by atoms with E-state index in [-0.39, 0.29) is 0 Å². The van der Waals surface area contributed by atoms with E-state index >= 15 is 0 Å². The molecule has 0 saturated carbocycles. The lowest BCUT2D eigenvalue weighted by Gasteiger charge is -2.14. The predicted molar refractivity (Wildman–Crippen MR) is 75.6 cm³/mol. The zero-order valence-electron chi connectivity index (χ0n) is 11.2. The number of thiophene rings is 1. The van der Waals surface area contributed by atoms with E-state index in [0.717, 1.165) is 19.6 Å². The molecule has 0 N–H and O–H groups in total. The first-order valence-corrected chi connectivity index (χ1v) is 6.92. The van der Waals surface area contributed by atoms with Crippen LogP contribution in [0.2, 0.25) is 0 Å². The lowest BCUT2D eigenvalue weighted by atomic mass is 10.3. The molecule has 18 heavy (non-hydrogen) atoms. The maximum atomic E-state index is 5.08. The summed E-state index contributed by atoms with van der Waals surface area (Å²) < 4.78 is 5.08. The molecule has 3 nitrogen and oxygen atoms in total. The van der Waals surface area contributed by atoms with E-state index in [1.165, 1.54) is 16.0 Å². The summed E-state index contributed by atoms with van der Waals surface area (Å²) in [5, 5.41) is 2.25. The molecule has 0 aliphatic rings. The Morgan fingerprint density at radius 1 is 1.11 bits per heavy atom. The van der Waals surface area contributed by atoms with Gasteiger partial charge in [-0.05, 0) is 44.2 Å². The van der Waals surface area contributed by atoms with Gasteiger partial charge in [-0.2, -0.15) is 0 Å². The molecule has 0 amide bonds. The van der Waals surface area contributed by atoms with Crippen molar-refractivity contribution in [2.75, 3.05) is 21.1 Å². The van der Waals surface area contributed by atoms with Crippen molar-refractivity contribution in [3.05, 3.63) is 46.0 Å². The van der Waals surface area contributed by atoms with Crippen LogP contribution >= 0.6 is 11.3 Å². The van der Waals surface area contributed by atoms with Gasteiger partial charge in [-0.1, -0.05) is 0 Å². The van der Waals surface area contributed by atoms with Gasteiger partial charge in [-0.15, -0.1) is 11.3 Å². The summed E-state index contributed by atoms with van der Waals surface area (Å²) in [5.41, 5.74) is 2.62. The quantitative estimate of drug-likeness (QED) is 0.799. The van der Waals surface area contributed by atoms with Crippen LogP contribution in [0.3, 0.4) is 0 Å². The van der Waals surface area contributed by atoms with E-state index in [4.69, 9.17) is 4.42 Å². The average Bonchev–Trinajstić information content (AvgIpc) is 2.89. The fourth-order valence-corrected chi connectivity index (χ4v) is 2.93. The molecule has 98 valence electrons. The average molecular weight is 264 g/mol. The van der Waals surface area contributed by atoms with Crippen LogP contribution < -0.4 is 0 Å². The maximum absolute atomic E-state index is 5.08. The molecule has 0 aliphatic heterocycles. The molecule has 4 heteroatoms. The summed E-state index contributed by atoms with van der Waals surface area (Å²) in [6, 6.07) is 4.32. The third kappa shape index (κ3) is 3.98. The summed E-state index contributed by atoms with van der Waals surface area (Å²) in [7, 11) is 6.34. The zero-order chi connectivity index (χ0) is 13.0. The van der Waals surface area contributed by atoms with E-state index in [1.807, 2.05) is 23.7 Å². The van der Waals surface area contributed by atoms with Gasteiger partial charge >= 0.3 is 0 Å². The van der Waals surface area contributed by atoms with Crippen LogP contribution in [0, 0.1) is 0 Å². The molecule has 0 atom stereocenters. The summed E-state index contributed by atoms with van der Waals surface area (Å²) >= 11 is 1.84. The molecular formula is C14H20N2OS. The molecule has 0 aromatic carbocycles. The van der Waals surface area contributed by atoms with Gasteiger partial charge in [0.05, 0.1) is 12.5 Å². The fourth-order valence-electron chi connectivity index (χ4n) is 1.97. The van der Waals surface area contributed by atoms with Crippen LogP contribution in [-0.2, 0) is 19.6 Å². The van der Waals surface area contributed by atoms with Crippen molar-refractivity contribution < 1.29 is 4.42 Å². The second-order valence-corrected chi connectivity index (χ2v) is 5.96. The van der Waals surface area contributed by atoms with Crippen LogP contribution in [0.1, 0.15) is 16.0 Å². The highest BCUT2D eigenvalue weighted by molar-refractivity contribution is 7.10. The van der Waals surface area contributed by atoms with Crippen molar-refractivity contribution in [1.82, 2.24) is 9.80 Å². The van der Waals surface area contributed by atoms with E-state index in [9.17, 15) is 0 Å². The molecule has 2 aromatic heterocycles. The highest BCUT2D eigenvalue weighted by Gasteiger charge is 2.06. The molecule has 0 saturated heterocycles. The number of hydrogen-bond donors (Lipinski definition) is 0. The van der Waals surface area contributed by atoms with Crippen molar-refractivity contribution in [3.8, 4) is 0 Å². The number of furan rings is 1. The van der Waals surface area contributed by atoms with Crippen molar-refractivity contribution in [2.45, 2.75) is 19.6 Å². The molecule has 0 bridgehead atoms. The van der Waals surface area contributed by atoms with Crippen LogP contribution in [0.5, 0.6) is 0 Å². The van der Waals surface area contributed by atoms with E-state index in [2.05, 4.69) is 42.4 Å². The highest BCUT2D eigenvalue weighted by atomic mass is 32.1. The first kappa shape index (κ1) is 13.3.